The second-order valence-corrected chi connectivity index (χ2v) is 16.3. The molecule has 0 radical (unpaired) electrons. The zero-order valence-corrected chi connectivity index (χ0v) is 35.8. The monoisotopic (exact) mass is 744 g/mol. The number of hydrogen-bond acceptors (Lipinski definition) is 7. The first-order chi connectivity index (χ1) is 25.2. The van der Waals surface area contributed by atoms with Gasteiger partial charge in [0.1, 0.15) is 12.7 Å². The van der Waals surface area contributed by atoms with Gasteiger partial charge in [0.15, 0.2) is 0 Å². The Morgan fingerprint density at radius 3 is 1.48 bits per heavy atom. The molecule has 312 valence electrons. The summed E-state index contributed by atoms with van der Waals surface area (Å²) < 4.78 is 35.0. The fourth-order valence-electron chi connectivity index (χ4n) is 6.13. The maximum Gasteiger partial charge on any atom is 0.407 e. The Hall–Kier alpha value is -0.930. The van der Waals surface area contributed by atoms with Crippen molar-refractivity contribution in [3.8, 4) is 0 Å². The molecule has 0 aliphatic heterocycles. The van der Waals surface area contributed by atoms with E-state index in [1.807, 2.05) is 13.8 Å². The van der Waals surface area contributed by atoms with E-state index in [0.717, 1.165) is 25.9 Å². The van der Waals surface area contributed by atoms with Crippen molar-refractivity contribution in [2.24, 2.45) is 0 Å². The summed E-state index contributed by atoms with van der Waals surface area (Å²) in [5.74, 6) is 0. The predicted octanol–water partition coefficient (Wildman–Crippen LogP) is 12.1. The molecule has 0 aliphatic carbocycles. The lowest BCUT2D eigenvalue weighted by molar-refractivity contribution is -0.124. The SMILES string of the molecule is CCCCCCCCCCCCCCOC[C@H](COC(=O)NCCOC(C)(C)COC(C)(C)CCOC)OCCCCCCCCCCCCCC. The number of alkyl carbamates (subject to hydrolysis) is 1. The van der Waals surface area contributed by atoms with E-state index < -0.39 is 11.7 Å². The minimum Gasteiger partial charge on any atom is -0.447 e. The second-order valence-electron chi connectivity index (χ2n) is 16.3. The fourth-order valence-corrected chi connectivity index (χ4v) is 6.13. The third-order valence-electron chi connectivity index (χ3n) is 9.78. The normalized spacial score (nSPS) is 12.8. The number of nitrogens with one attached hydrogen (secondary N) is 1. The van der Waals surface area contributed by atoms with Gasteiger partial charge in [-0.25, -0.2) is 4.79 Å². The van der Waals surface area contributed by atoms with Crippen LogP contribution in [0, 0.1) is 0 Å². The third kappa shape index (κ3) is 37.4. The summed E-state index contributed by atoms with van der Waals surface area (Å²) in [5, 5.41) is 2.81. The standard InChI is InChI=1S/C44H89NO7/c1-8-10-12-14-16-18-20-22-24-26-28-30-34-48-38-41(49-35-31-29-27-25-23-21-19-17-15-13-11-9-2)39-50-42(46)45-33-37-51-44(5,6)40-52-43(3,4)32-36-47-7/h41H,8-40H2,1-7H3,(H,45,46)/t41-/m1/s1. The van der Waals surface area contributed by atoms with Crippen molar-refractivity contribution in [2.75, 3.05) is 59.9 Å². The van der Waals surface area contributed by atoms with E-state index >= 15 is 0 Å². The van der Waals surface area contributed by atoms with Crippen LogP contribution in [0.5, 0.6) is 0 Å². The van der Waals surface area contributed by atoms with E-state index in [2.05, 4.69) is 33.0 Å². The van der Waals surface area contributed by atoms with Crippen LogP contribution in [0.3, 0.4) is 0 Å². The number of rotatable bonds is 41. The Bertz CT molecular complexity index is 748. The molecule has 1 amide bonds. The van der Waals surface area contributed by atoms with Gasteiger partial charge in [0.25, 0.3) is 0 Å². The van der Waals surface area contributed by atoms with E-state index in [1.54, 1.807) is 7.11 Å². The molecule has 0 unspecified atom stereocenters. The summed E-state index contributed by atoms with van der Waals surface area (Å²) in [6, 6.07) is 0. The van der Waals surface area contributed by atoms with E-state index in [4.69, 9.17) is 28.4 Å². The number of methoxy groups -OCH3 is 1. The number of unbranched alkanes of at least 4 members (excludes halogenated alkanes) is 22. The number of hydrogen-bond donors (Lipinski definition) is 1. The van der Waals surface area contributed by atoms with Crippen LogP contribution in [-0.4, -0.2) is 83.3 Å². The molecule has 8 nitrogen and oxygen atoms in total. The van der Waals surface area contributed by atoms with Gasteiger partial charge in [0, 0.05) is 33.5 Å². The number of ether oxygens (including phenoxy) is 6. The van der Waals surface area contributed by atoms with E-state index in [0.29, 0.717) is 39.6 Å². The Kier molecular flexibility index (Phi) is 36.4. The van der Waals surface area contributed by atoms with Gasteiger partial charge in [-0.05, 0) is 47.0 Å². The molecule has 8 heteroatoms. The van der Waals surface area contributed by atoms with E-state index in [-0.39, 0.29) is 18.3 Å². The van der Waals surface area contributed by atoms with Crippen LogP contribution >= 0.6 is 0 Å². The highest BCUT2D eigenvalue weighted by molar-refractivity contribution is 5.67. The maximum atomic E-state index is 12.5. The molecule has 0 aliphatic rings. The number of carbonyl (C=O) groups excluding carboxylic acids is 1. The lowest BCUT2D eigenvalue weighted by atomic mass is 10.0. The first kappa shape index (κ1) is 51.1. The van der Waals surface area contributed by atoms with Crippen molar-refractivity contribution >= 4 is 6.09 Å². The smallest absolute Gasteiger partial charge is 0.407 e. The zero-order valence-electron chi connectivity index (χ0n) is 35.8. The first-order valence-corrected chi connectivity index (χ1v) is 22.0. The summed E-state index contributed by atoms with van der Waals surface area (Å²) in [5.41, 5.74) is -0.770. The van der Waals surface area contributed by atoms with Crippen LogP contribution in [0.4, 0.5) is 4.79 Å². The average Bonchev–Trinajstić information content (AvgIpc) is 3.12. The molecule has 0 saturated carbocycles. The summed E-state index contributed by atoms with van der Waals surface area (Å²) in [4.78, 5) is 12.5. The van der Waals surface area contributed by atoms with Crippen molar-refractivity contribution in [1.29, 1.82) is 0 Å². The number of amides is 1. The summed E-state index contributed by atoms with van der Waals surface area (Å²) in [6.45, 7) is 16.5. The predicted molar refractivity (Wildman–Crippen MR) is 219 cm³/mol. The molecule has 0 fully saturated rings. The van der Waals surface area contributed by atoms with Crippen LogP contribution in [-0.2, 0) is 28.4 Å². The Labute approximate surface area is 323 Å². The highest BCUT2D eigenvalue weighted by Crippen LogP contribution is 2.19. The second kappa shape index (κ2) is 37.0. The molecule has 52 heavy (non-hydrogen) atoms. The van der Waals surface area contributed by atoms with Gasteiger partial charge in [0.2, 0.25) is 0 Å². The minimum atomic E-state index is -0.479. The highest BCUT2D eigenvalue weighted by atomic mass is 16.6. The summed E-state index contributed by atoms with van der Waals surface area (Å²) >= 11 is 0. The topological polar surface area (TPSA) is 84.5 Å². The van der Waals surface area contributed by atoms with Gasteiger partial charge in [0.05, 0.1) is 31.0 Å². The number of carbonyl (C=O) groups is 1. The molecular weight excluding hydrogens is 654 g/mol. The van der Waals surface area contributed by atoms with Gasteiger partial charge >= 0.3 is 6.09 Å². The molecule has 0 aromatic carbocycles. The van der Waals surface area contributed by atoms with Crippen LogP contribution in [0.1, 0.15) is 202 Å². The Morgan fingerprint density at radius 2 is 1.00 bits per heavy atom. The van der Waals surface area contributed by atoms with Crippen LogP contribution in [0.2, 0.25) is 0 Å². The molecule has 0 rings (SSSR count). The van der Waals surface area contributed by atoms with Gasteiger partial charge in [-0.2, -0.15) is 0 Å². The van der Waals surface area contributed by atoms with Crippen LogP contribution < -0.4 is 5.32 Å². The molecule has 0 aromatic rings. The lowest BCUT2D eigenvalue weighted by Crippen LogP contribution is -2.39. The minimum absolute atomic E-state index is 0.180. The molecule has 0 heterocycles. The third-order valence-corrected chi connectivity index (χ3v) is 9.78. The van der Waals surface area contributed by atoms with Crippen molar-refractivity contribution in [3.63, 3.8) is 0 Å². The van der Waals surface area contributed by atoms with Crippen molar-refractivity contribution in [2.45, 2.75) is 219 Å². The van der Waals surface area contributed by atoms with Gasteiger partial charge < -0.3 is 33.7 Å². The van der Waals surface area contributed by atoms with Crippen molar-refractivity contribution < 1.29 is 33.2 Å². The molecule has 0 aromatic heterocycles. The van der Waals surface area contributed by atoms with Crippen LogP contribution in [0.15, 0.2) is 0 Å². The van der Waals surface area contributed by atoms with Gasteiger partial charge in [-0.15, -0.1) is 0 Å². The Balaban J connectivity index is 4.32. The average molecular weight is 744 g/mol. The molecular formula is C44H89NO7. The van der Waals surface area contributed by atoms with Gasteiger partial charge in [-0.1, -0.05) is 155 Å². The molecule has 1 atom stereocenters. The van der Waals surface area contributed by atoms with E-state index in [1.165, 1.54) is 141 Å². The lowest BCUT2D eigenvalue weighted by Gasteiger charge is -2.32. The fraction of sp³-hybridized carbons (Fsp3) is 0.977. The zero-order chi connectivity index (χ0) is 38.4. The van der Waals surface area contributed by atoms with Crippen molar-refractivity contribution in [1.82, 2.24) is 5.32 Å². The first-order valence-electron chi connectivity index (χ1n) is 22.0. The quantitative estimate of drug-likeness (QED) is 0.0624. The van der Waals surface area contributed by atoms with Crippen LogP contribution in [0.25, 0.3) is 0 Å². The summed E-state index contributed by atoms with van der Waals surface area (Å²) in [6.07, 6.45) is 31.8. The Morgan fingerprint density at radius 1 is 0.538 bits per heavy atom. The molecule has 0 spiro atoms. The van der Waals surface area contributed by atoms with Crippen molar-refractivity contribution in [3.05, 3.63) is 0 Å². The maximum absolute atomic E-state index is 12.5. The molecule has 0 saturated heterocycles. The largest absolute Gasteiger partial charge is 0.447 e. The summed E-state index contributed by atoms with van der Waals surface area (Å²) in [7, 11) is 1.70. The van der Waals surface area contributed by atoms with Gasteiger partial charge in [-0.3, -0.25) is 0 Å². The molecule has 0 bridgehead atoms. The molecule has 1 N–H and O–H groups in total. The van der Waals surface area contributed by atoms with E-state index in [9.17, 15) is 4.79 Å². The highest BCUT2D eigenvalue weighted by Gasteiger charge is 2.25.